The molecule has 3 N–H and O–H groups in total. The third-order valence-corrected chi connectivity index (χ3v) is 15.2. The number of unbranched alkanes of at least 4 members (excludes halogenated alkanes) is 49. The first-order valence-electron chi connectivity index (χ1n) is 31.8. The number of amides is 1. The second-order valence-electron chi connectivity index (χ2n) is 22.1. The molecule has 0 saturated carbocycles. The molecular formula is C63H125NO5. The van der Waals surface area contributed by atoms with E-state index in [9.17, 15) is 19.8 Å². The third kappa shape index (κ3) is 56.0. The second kappa shape index (κ2) is 59.4. The second-order valence-corrected chi connectivity index (χ2v) is 22.1. The van der Waals surface area contributed by atoms with Crippen LogP contribution >= 0.6 is 0 Å². The van der Waals surface area contributed by atoms with Crippen LogP contribution in [0.3, 0.4) is 0 Å². The number of aliphatic hydroxyl groups is 2. The topological polar surface area (TPSA) is 95.9 Å². The first-order valence-corrected chi connectivity index (χ1v) is 31.8. The Morgan fingerprint density at radius 1 is 0.348 bits per heavy atom. The van der Waals surface area contributed by atoms with Crippen LogP contribution in [0.25, 0.3) is 0 Å². The summed E-state index contributed by atoms with van der Waals surface area (Å²) in [7, 11) is 0. The first-order chi connectivity index (χ1) is 34.0. The van der Waals surface area contributed by atoms with Crippen LogP contribution in [0.2, 0.25) is 0 Å². The molecule has 6 nitrogen and oxygen atoms in total. The lowest BCUT2D eigenvalue weighted by Gasteiger charge is -2.22. The summed E-state index contributed by atoms with van der Waals surface area (Å²) in [6.07, 6.45) is 69.9. The van der Waals surface area contributed by atoms with Gasteiger partial charge in [-0.2, -0.15) is 0 Å². The molecule has 0 heterocycles. The van der Waals surface area contributed by atoms with Gasteiger partial charge in [-0.15, -0.1) is 0 Å². The summed E-state index contributed by atoms with van der Waals surface area (Å²) in [6.45, 7) is 4.97. The molecule has 0 saturated heterocycles. The number of hydrogen-bond donors (Lipinski definition) is 3. The van der Waals surface area contributed by atoms with Crippen molar-refractivity contribution < 1.29 is 24.5 Å². The monoisotopic (exact) mass is 976 g/mol. The van der Waals surface area contributed by atoms with Gasteiger partial charge in [-0.25, -0.2) is 0 Å². The number of nitrogens with one attached hydrogen (secondary N) is 1. The molecule has 0 aromatic heterocycles. The molecule has 0 bridgehead atoms. The lowest BCUT2D eigenvalue weighted by atomic mass is 10.0. The molecule has 0 aromatic rings. The highest BCUT2D eigenvalue weighted by Crippen LogP contribution is 2.19. The molecule has 412 valence electrons. The molecule has 69 heavy (non-hydrogen) atoms. The van der Waals surface area contributed by atoms with Gasteiger partial charge in [0.15, 0.2) is 0 Å². The van der Waals surface area contributed by atoms with E-state index in [0.717, 1.165) is 38.5 Å². The predicted octanol–water partition coefficient (Wildman–Crippen LogP) is 19.9. The summed E-state index contributed by atoms with van der Waals surface area (Å²) in [5, 5.41) is 23.2. The lowest BCUT2D eigenvalue weighted by molar-refractivity contribution is -0.143. The van der Waals surface area contributed by atoms with E-state index in [2.05, 4.69) is 19.2 Å². The Morgan fingerprint density at radius 2 is 0.594 bits per heavy atom. The molecule has 2 unspecified atom stereocenters. The number of rotatable bonds is 60. The fourth-order valence-corrected chi connectivity index (χ4v) is 10.3. The first kappa shape index (κ1) is 67.9. The summed E-state index contributed by atoms with van der Waals surface area (Å²) < 4.78 is 5.50. The van der Waals surface area contributed by atoms with Crippen LogP contribution in [0.5, 0.6) is 0 Å². The van der Waals surface area contributed by atoms with Crippen molar-refractivity contribution in [2.24, 2.45) is 0 Å². The molecule has 0 aromatic carbocycles. The lowest BCUT2D eigenvalue weighted by Crippen LogP contribution is -2.45. The Labute approximate surface area is 432 Å². The molecule has 0 spiro atoms. The molecular weight excluding hydrogens is 851 g/mol. The highest BCUT2D eigenvalue weighted by Gasteiger charge is 2.20. The average Bonchev–Trinajstić information content (AvgIpc) is 3.35. The third-order valence-electron chi connectivity index (χ3n) is 15.2. The van der Waals surface area contributed by atoms with Crippen molar-refractivity contribution in [3.05, 3.63) is 0 Å². The standard InChI is InChI=1S/C63H125NO5/c1-3-5-7-9-11-13-15-16-17-31-34-37-41-45-49-53-57-63(68)69-58-54-50-46-42-38-35-32-29-27-25-23-21-19-18-20-22-24-26-28-30-33-36-40-44-48-52-56-62(67)64-60(59-65)61(66)55-51-47-43-39-14-12-10-8-6-4-2/h60-61,65-66H,3-59H2,1-2H3,(H,64,67). The summed E-state index contributed by atoms with van der Waals surface area (Å²) in [5.41, 5.74) is 0. The molecule has 2 atom stereocenters. The van der Waals surface area contributed by atoms with Crippen molar-refractivity contribution in [2.75, 3.05) is 13.2 Å². The van der Waals surface area contributed by atoms with Crippen molar-refractivity contribution in [1.82, 2.24) is 5.32 Å². The number of esters is 1. The molecule has 0 aliphatic rings. The van der Waals surface area contributed by atoms with Crippen molar-refractivity contribution in [3.8, 4) is 0 Å². The van der Waals surface area contributed by atoms with E-state index in [4.69, 9.17) is 4.74 Å². The van der Waals surface area contributed by atoms with Crippen LogP contribution < -0.4 is 5.32 Å². The summed E-state index contributed by atoms with van der Waals surface area (Å²) in [6, 6.07) is -0.536. The molecule has 0 rings (SSSR count). The fraction of sp³-hybridized carbons (Fsp3) is 0.968. The minimum absolute atomic E-state index is 0.0216. The Balaban J connectivity index is 3.30. The van der Waals surface area contributed by atoms with Crippen molar-refractivity contribution >= 4 is 11.9 Å². The van der Waals surface area contributed by atoms with Crippen LogP contribution in [-0.4, -0.2) is 47.4 Å². The largest absolute Gasteiger partial charge is 0.466 e. The van der Waals surface area contributed by atoms with Gasteiger partial charge >= 0.3 is 5.97 Å². The van der Waals surface area contributed by atoms with Crippen LogP contribution in [0.4, 0.5) is 0 Å². The van der Waals surface area contributed by atoms with E-state index < -0.39 is 12.1 Å². The molecule has 0 fully saturated rings. The maximum absolute atomic E-state index is 12.4. The summed E-state index contributed by atoms with van der Waals surface area (Å²) in [5.74, 6) is -0.0107. The van der Waals surface area contributed by atoms with Crippen molar-refractivity contribution in [3.63, 3.8) is 0 Å². The van der Waals surface area contributed by atoms with E-state index in [1.165, 1.54) is 295 Å². The highest BCUT2D eigenvalue weighted by molar-refractivity contribution is 5.76. The van der Waals surface area contributed by atoms with Crippen LogP contribution in [0.15, 0.2) is 0 Å². The molecule has 6 heteroatoms. The fourth-order valence-electron chi connectivity index (χ4n) is 10.3. The Kier molecular flexibility index (Phi) is 58.4. The minimum Gasteiger partial charge on any atom is -0.466 e. The number of aliphatic hydroxyl groups excluding tert-OH is 2. The Morgan fingerprint density at radius 3 is 0.884 bits per heavy atom. The maximum Gasteiger partial charge on any atom is 0.305 e. The van der Waals surface area contributed by atoms with Gasteiger partial charge in [0.1, 0.15) is 0 Å². The quantitative estimate of drug-likeness (QED) is 0.0417. The highest BCUT2D eigenvalue weighted by atomic mass is 16.5. The zero-order valence-corrected chi connectivity index (χ0v) is 47.1. The average molecular weight is 977 g/mol. The number of ether oxygens (including phenoxy) is 1. The van der Waals surface area contributed by atoms with Gasteiger partial charge in [-0.3, -0.25) is 9.59 Å². The van der Waals surface area contributed by atoms with Crippen LogP contribution in [-0.2, 0) is 14.3 Å². The Bertz CT molecular complexity index is 990. The van der Waals surface area contributed by atoms with E-state index >= 15 is 0 Å². The van der Waals surface area contributed by atoms with Gasteiger partial charge in [0.05, 0.1) is 25.4 Å². The van der Waals surface area contributed by atoms with E-state index in [1.54, 1.807) is 0 Å². The van der Waals surface area contributed by atoms with E-state index in [-0.39, 0.29) is 18.5 Å². The number of hydrogen-bond acceptors (Lipinski definition) is 5. The van der Waals surface area contributed by atoms with Gasteiger partial charge in [0.2, 0.25) is 5.91 Å². The minimum atomic E-state index is -0.659. The van der Waals surface area contributed by atoms with Gasteiger partial charge in [-0.05, 0) is 25.7 Å². The molecule has 0 aliphatic carbocycles. The molecule has 1 amide bonds. The number of carbonyl (C=O) groups excluding carboxylic acids is 2. The van der Waals surface area contributed by atoms with Crippen molar-refractivity contribution in [1.29, 1.82) is 0 Å². The van der Waals surface area contributed by atoms with Crippen LogP contribution in [0.1, 0.15) is 367 Å². The van der Waals surface area contributed by atoms with Gasteiger partial charge in [0.25, 0.3) is 0 Å². The zero-order valence-electron chi connectivity index (χ0n) is 47.1. The molecule has 0 aliphatic heterocycles. The summed E-state index contributed by atoms with van der Waals surface area (Å²) >= 11 is 0. The summed E-state index contributed by atoms with van der Waals surface area (Å²) in [4.78, 5) is 24.5. The molecule has 0 radical (unpaired) electrons. The smallest absolute Gasteiger partial charge is 0.305 e. The van der Waals surface area contributed by atoms with Crippen LogP contribution in [0, 0.1) is 0 Å². The Hall–Kier alpha value is -1.14. The number of carbonyl (C=O) groups is 2. The SMILES string of the molecule is CCCCCCCCCCCCCCCCCCC(=O)OCCCCCCCCCCCCCCCCCCCCCCCCCCCCC(=O)NC(CO)C(O)CCCCCCCCCCCC. The van der Waals surface area contributed by atoms with Gasteiger partial charge in [0, 0.05) is 12.8 Å². The van der Waals surface area contributed by atoms with Crippen molar-refractivity contribution in [2.45, 2.75) is 379 Å². The zero-order chi connectivity index (χ0) is 50.0. The van der Waals surface area contributed by atoms with Gasteiger partial charge in [-0.1, -0.05) is 328 Å². The maximum atomic E-state index is 12.4. The normalized spacial score (nSPS) is 12.5. The predicted molar refractivity (Wildman–Crippen MR) is 301 cm³/mol. The van der Waals surface area contributed by atoms with E-state index in [0.29, 0.717) is 25.9 Å². The van der Waals surface area contributed by atoms with Gasteiger partial charge < -0.3 is 20.3 Å². The van der Waals surface area contributed by atoms with E-state index in [1.807, 2.05) is 0 Å².